The summed E-state index contributed by atoms with van der Waals surface area (Å²) in [5, 5.41) is 8.02. The standard InChI is InChI=1S/C6H14.C2H4O2S3/c1-5-6(2,3)4;3-1(4)2(5,6)7/h5H2,1-4H3;5-7H,(H,3,4). The van der Waals surface area contributed by atoms with Gasteiger partial charge in [0.15, 0.2) is 3.41 Å². The number of rotatable bonds is 1. The predicted octanol–water partition coefficient (Wildman–Crippen LogP) is 2.96. The second-order valence-electron chi connectivity index (χ2n) is 3.85. The second-order valence-corrected chi connectivity index (χ2v) is 6.93. The number of hydrogen-bond donors (Lipinski definition) is 4. The van der Waals surface area contributed by atoms with Crippen LogP contribution in [-0.4, -0.2) is 14.5 Å². The summed E-state index contributed by atoms with van der Waals surface area (Å²) < 4.78 is -1.50. The summed E-state index contributed by atoms with van der Waals surface area (Å²) in [7, 11) is 0. The normalized spacial score (nSPS) is 11.6. The van der Waals surface area contributed by atoms with Crippen LogP contribution in [0.4, 0.5) is 0 Å². The topological polar surface area (TPSA) is 37.3 Å². The lowest BCUT2D eigenvalue weighted by Crippen LogP contribution is -2.17. The molecule has 0 spiro atoms. The van der Waals surface area contributed by atoms with E-state index in [1.165, 1.54) is 6.42 Å². The van der Waals surface area contributed by atoms with E-state index in [-0.39, 0.29) is 0 Å². The Labute approximate surface area is 96.7 Å². The van der Waals surface area contributed by atoms with E-state index in [4.69, 9.17) is 5.11 Å². The molecule has 5 heteroatoms. The van der Waals surface area contributed by atoms with Gasteiger partial charge in [0.05, 0.1) is 0 Å². The lowest BCUT2D eigenvalue weighted by Gasteiger charge is -2.12. The monoisotopic (exact) mass is 242 g/mol. The minimum atomic E-state index is -1.50. The Bertz CT molecular complexity index is 156. The quantitative estimate of drug-likeness (QED) is 0.421. The van der Waals surface area contributed by atoms with Crippen LogP contribution in [0, 0.1) is 5.41 Å². The summed E-state index contributed by atoms with van der Waals surface area (Å²) in [5.41, 5.74) is 0.542. The van der Waals surface area contributed by atoms with E-state index in [9.17, 15) is 4.79 Å². The third-order valence-electron chi connectivity index (χ3n) is 1.35. The highest BCUT2D eigenvalue weighted by Crippen LogP contribution is 2.23. The van der Waals surface area contributed by atoms with Crippen LogP contribution in [0.5, 0.6) is 0 Å². The molecule has 0 amide bonds. The van der Waals surface area contributed by atoms with Gasteiger partial charge in [0.1, 0.15) is 0 Å². The average molecular weight is 242 g/mol. The van der Waals surface area contributed by atoms with Crippen LogP contribution >= 0.6 is 37.9 Å². The van der Waals surface area contributed by atoms with Crippen molar-refractivity contribution in [3.63, 3.8) is 0 Å². The summed E-state index contributed by atoms with van der Waals surface area (Å²) in [4.78, 5) is 9.79. The first kappa shape index (κ1) is 16.0. The van der Waals surface area contributed by atoms with Crippen molar-refractivity contribution in [2.45, 2.75) is 37.5 Å². The third kappa shape index (κ3) is 15.3. The Morgan fingerprint density at radius 3 is 1.38 bits per heavy atom. The first-order valence-corrected chi connectivity index (χ1v) is 5.25. The van der Waals surface area contributed by atoms with Gasteiger partial charge in [0, 0.05) is 0 Å². The van der Waals surface area contributed by atoms with Crippen molar-refractivity contribution in [2.24, 2.45) is 5.41 Å². The van der Waals surface area contributed by atoms with Gasteiger partial charge in [0.25, 0.3) is 0 Å². The van der Waals surface area contributed by atoms with Crippen molar-refractivity contribution in [1.82, 2.24) is 0 Å². The van der Waals surface area contributed by atoms with E-state index in [1.807, 2.05) is 0 Å². The van der Waals surface area contributed by atoms with Gasteiger partial charge in [-0.25, -0.2) is 4.79 Å². The molecule has 1 N–H and O–H groups in total. The highest BCUT2D eigenvalue weighted by atomic mass is 32.2. The van der Waals surface area contributed by atoms with Gasteiger partial charge in [-0.05, 0) is 5.41 Å². The molecule has 0 fully saturated rings. The SMILES string of the molecule is CCC(C)(C)C.O=C(O)C(S)(S)S. The molecule has 0 unspecified atom stereocenters. The van der Waals surface area contributed by atoms with Crippen LogP contribution in [0.25, 0.3) is 0 Å². The Kier molecular flexibility index (Phi) is 7.48. The van der Waals surface area contributed by atoms with Crippen LogP contribution in [0.3, 0.4) is 0 Å². The van der Waals surface area contributed by atoms with Crippen LogP contribution in [0.2, 0.25) is 0 Å². The molecule has 0 aliphatic heterocycles. The number of carboxylic acids is 1. The molecule has 0 aliphatic rings. The summed E-state index contributed by atoms with van der Waals surface area (Å²) in [6.45, 7) is 8.94. The third-order valence-corrected chi connectivity index (χ3v) is 1.92. The zero-order chi connectivity index (χ0) is 11.3. The van der Waals surface area contributed by atoms with Crippen LogP contribution in [0.15, 0.2) is 0 Å². The molecular formula is C8H18O2S3. The van der Waals surface area contributed by atoms with Crippen molar-refractivity contribution >= 4 is 43.9 Å². The minimum absolute atomic E-state index is 0.542. The fourth-order valence-electron chi connectivity index (χ4n) is 0. The summed E-state index contributed by atoms with van der Waals surface area (Å²) >= 11 is 10.4. The maximum Gasteiger partial charge on any atom is 0.339 e. The van der Waals surface area contributed by atoms with E-state index in [1.54, 1.807) is 0 Å². The lowest BCUT2D eigenvalue weighted by atomic mass is 9.94. The molecule has 0 atom stereocenters. The second kappa shape index (κ2) is 6.09. The van der Waals surface area contributed by atoms with Crippen molar-refractivity contribution in [3.8, 4) is 0 Å². The zero-order valence-electron chi connectivity index (χ0n) is 8.40. The highest BCUT2D eigenvalue weighted by molar-refractivity contribution is 8.18. The molecule has 0 bridgehead atoms. The molecule has 0 aliphatic carbocycles. The van der Waals surface area contributed by atoms with Gasteiger partial charge in [-0.1, -0.05) is 34.1 Å². The van der Waals surface area contributed by atoms with E-state index in [0.29, 0.717) is 5.41 Å². The molecule has 13 heavy (non-hydrogen) atoms. The minimum Gasteiger partial charge on any atom is -0.479 e. The molecule has 0 radical (unpaired) electrons. The van der Waals surface area contributed by atoms with Gasteiger partial charge >= 0.3 is 5.97 Å². The highest BCUT2D eigenvalue weighted by Gasteiger charge is 2.23. The summed E-state index contributed by atoms with van der Waals surface area (Å²) in [6, 6.07) is 0. The number of carbonyl (C=O) groups is 1. The van der Waals surface area contributed by atoms with E-state index >= 15 is 0 Å². The van der Waals surface area contributed by atoms with Crippen LogP contribution < -0.4 is 0 Å². The molecule has 0 aromatic heterocycles. The fourth-order valence-corrected chi connectivity index (χ4v) is 0. The Morgan fingerprint density at radius 2 is 1.38 bits per heavy atom. The first-order valence-electron chi connectivity index (χ1n) is 3.91. The molecular weight excluding hydrogens is 224 g/mol. The first-order chi connectivity index (χ1) is 5.50. The molecule has 0 aromatic rings. The van der Waals surface area contributed by atoms with Gasteiger partial charge in [0.2, 0.25) is 0 Å². The van der Waals surface area contributed by atoms with Crippen molar-refractivity contribution in [2.75, 3.05) is 0 Å². The molecule has 0 saturated carbocycles. The van der Waals surface area contributed by atoms with E-state index in [2.05, 4.69) is 65.6 Å². The van der Waals surface area contributed by atoms with E-state index in [0.717, 1.165) is 0 Å². The van der Waals surface area contributed by atoms with Gasteiger partial charge in [-0.15, -0.1) is 37.9 Å². The molecule has 0 aromatic carbocycles. The maximum absolute atomic E-state index is 9.79. The Hall–Kier alpha value is 0.520. The Morgan fingerprint density at radius 1 is 1.23 bits per heavy atom. The Balaban J connectivity index is 0. The molecule has 80 valence electrons. The lowest BCUT2D eigenvalue weighted by molar-refractivity contribution is -0.135. The van der Waals surface area contributed by atoms with Gasteiger partial charge in [-0.3, -0.25) is 0 Å². The fraction of sp³-hybridized carbons (Fsp3) is 0.875. The number of hydrogen-bond acceptors (Lipinski definition) is 4. The van der Waals surface area contributed by atoms with Gasteiger partial charge in [-0.2, -0.15) is 0 Å². The predicted molar refractivity (Wildman–Crippen MR) is 67.1 cm³/mol. The molecule has 2 nitrogen and oxygen atoms in total. The summed E-state index contributed by atoms with van der Waals surface area (Å²) in [5.74, 6) is -1.16. The van der Waals surface area contributed by atoms with E-state index < -0.39 is 9.38 Å². The molecule has 0 rings (SSSR count). The molecule has 0 heterocycles. The average Bonchev–Trinajstić information content (AvgIpc) is 1.85. The van der Waals surface area contributed by atoms with Crippen molar-refractivity contribution in [3.05, 3.63) is 0 Å². The zero-order valence-corrected chi connectivity index (χ0v) is 11.1. The van der Waals surface area contributed by atoms with Crippen molar-refractivity contribution < 1.29 is 9.90 Å². The number of aliphatic carboxylic acids is 1. The van der Waals surface area contributed by atoms with Crippen LogP contribution in [0.1, 0.15) is 34.1 Å². The van der Waals surface area contributed by atoms with Crippen molar-refractivity contribution in [1.29, 1.82) is 0 Å². The number of thiol groups is 3. The van der Waals surface area contributed by atoms with Crippen LogP contribution in [-0.2, 0) is 4.79 Å². The maximum atomic E-state index is 9.79. The largest absolute Gasteiger partial charge is 0.479 e. The summed E-state index contributed by atoms with van der Waals surface area (Å²) in [6.07, 6.45) is 1.27. The van der Waals surface area contributed by atoms with Gasteiger partial charge < -0.3 is 5.11 Å². The molecule has 0 saturated heterocycles. The number of carboxylic acid groups (broad SMARTS) is 1. The smallest absolute Gasteiger partial charge is 0.339 e.